The number of anilines is 3. The second kappa shape index (κ2) is 13.7. The van der Waals surface area contributed by atoms with E-state index in [1.165, 1.54) is 6.08 Å². The van der Waals surface area contributed by atoms with Crippen LogP contribution >= 0.6 is 31.9 Å². The molecule has 3 aromatic carbocycles. The number of carbonyl (C=O) groups is 2. The molecule has 2 amide bonds. The lowest BCUT2D eigenvalue weighted by Gasteiger charge is -2.26. The van der Waals surface area contributed by atoms with Crippen LogP contribution in [0.2, 0.25) is 0 Å². The van der Waals surface area contributed by atoms with Crippen molar-refractivity contribution in [1.29, 1.82) is 5.26 Å². The first-order valence-electron chi connectivity index (χ1n) is 11.7. The molecule has 196 valence electrons. The standard InChI is InChI=1S/C28H26Br2N4O4/c1-17(6-2-5-9-25(35)34-24-8-4-3-7-23(24)32)27(21-14-19(29)15-22(30)26(21)36)38-28(37)33-20-12-10-18(16-31)11-13-20/h3-5,7-15,17,27,36H,2,6,32H2,1H3,(H,33,37)(H,34,35)/b9-5+/t17-,27+/m0/s1. The summed E-state index contributed by atoms with van der Waals surface area (Å²) in [6.45, 7) is 1.90. The van der Waals surface area contributed by atoms with E-state index in [1.54, 1.807) is 66.7 Å². The fourth-order valence-electron chi connectivity index (χ4n) is 3.67. The minimum atomic E-state index is -0.798. The molecule has 0 radical (unpaired) electrons. The van der Waals surface area contributed by atoms with Gasteiger partial charge in [-0.2, -0.15) is 5.26 Å². The van der Waals surface area contributed by atoms with Gasteiger partial charge in [-0.15, -0.1) is 0 Å². The second-order valence-electron chi connectivity index (χ2n) is 8.50. The lowest BCUT2D eigenvalue weighted by Crippen LogP contribution is -2.22. The first-order valence-corrected chi connectivity index (χ1v) is 13.2. The van der Waals surface area contributed by atoms with Gasteiger partial charge in [0.15, 0.2) is 0 Å². The number of halogens is 2. The molecule has 0 saturated carbocycles. The quantitative estimate of drug-likeness (QED) is 0.143. The van der Waals surface area contributed by atoms with Gasteiger partial charge in [0, 0.05) is 15.7 Å². The molecule has 0 spiro atoms. The van der Waals surface area contributed by atoms with Crippen molar-refractivity contribution < 1.29 is 19.4 Å². The Morgan fingerprint density at radius 2 is 1.84 bits per heavy atom. The maximum absolute atomic E-state index is 12.8. The largest absolute Gasteiger partial charge is 0.506 e. The summed E-state index contributed by atoms with van der Waals surface area (Å²) in [5.74, 6) is -0.573. The number of phenolic OH excluding ortho intramolecular Hbond substituents is 1. The van der Waals surface area contributed by atoms with E-state index < -0.39 is 12.2 Å². The minimum Gasteiger partial charge on any atom is -0.506 e. The van der Waals surface area contributed by atoms with Crippen LogP contribution in [0.25, 0.3) is 0 Å². The van der Waals surface area contributed by atoms with Crippen LogP contribution in [0.15, 0.2) is 81.8 Å². The van der Waals surface area contributed by atoms with Crippen molar-refractivity contribution in [2.24, 2.45) is 5.92 Å². The SMILES string of the molecule is C[C@@H](CC/C=C/C(=O)Nc1ccccc1N)[C@@H](OC(=O)Nc1ccc(C#N)cc1)c1cc(Br)cc(Br)c1O. The van der Waals surface area contributed by atoms with E-state index in [0.29, 0.717) is 50.0 Å². The number of nitrogens with two attached hydrogens (primary N) is 1. The molecule has 2 atom stereocenters. The van der Waals surface area contributed by atoms with E-state index in [-0.39, 0.29) is 17.6 Å². The Morgan fingerprint density at radius 1 is 1.13 bits per heavy atom. The maximum Gasteiger partial charge on any atom is 0.412 e. The lowest BCUT2D eigenvalue weighted by molar-refractivity contribution is -0.111. The van der Waals surface area contributed by atoms with Gasteiger partial charge in [-0.3, -0.25) is 10.1 Å². The fourth-order valence-corrected chi connectivity index (χ4v) is 4.92. The highest BCUT2D eigenvalue weighted by atomic mass is 79.9. The molecule has 0 bridgehead atoms. The number of ether oxygens (including phenoxy) is 1. The zero-order valence-electron chi connectivity index (χ0n) is 20.4. The monoisotopic (exact) mass is 640 g/mol. The Hall–Kier alpha value is -3.81. The fraction of sp³-hybridized carbons (Fsp3) is 0.179. The number of nitrogen functional groups attached to an aromatic ring is 1. The predicted molar refractivity (Wildman–Crippen MR) is 155 cm³/mol. The van der Waals surface area contributed by atoms with Crippen LogP contribution in [0.5, 0.6) is 5.75 Å². The van der Waals surface area contributed by atoms with Gasteiger partial charge < -0.3 is 20.9 Å². The minimum absolute atomic E-state index is 0.0356. The molecule has 0 unspecified atom stereocenters. The van der Waals surface area contributed by atoms with Gasteiger partial charge in [0.25, 0.3) is 0 Å². The topological polar surface area (TPSA) is 137 Å². The number of nitrogens with one attached hydrogen (secondary N) is 2. The number of allylic oxidation sites excluding steroid dienone is 1. The third-order valence-electron chi connectivity index (χ3n) is 5.65. The number of rotatable bonds is 9. The third kappa shape index (κ3) is 8.10. The van der Waals surface area contributed by atoms with Crippen LogP contribution in [-0.4, -0.2) is 17.1 Å². The van der Waals surface area contributed by atoms with E-state index in [2.05, 4.69) is 42.5 Å². The summed E-state index contributed by atoms with van der Waals surface area (Å²) in [7, 11) is 0. The van der Waals surface area contributed by atoms with Gasteiger partial charge in [-0.1, -0.05) is 41.1 Å². The third-order valence-corrected chi connectivity index (χ3v) is 6.71. The van der Waals surface area contributed by atoms with E-state index in [0.717, 1.165) is 0 Å². The normalized spacial score (nSPS) is 12.4. The lowest BCUT2D eigenvalue weighted by atomic mass is 9.92. The number of nitriles is 1. The van der Waals surface area contributed by atoms with Crippen molar-refractivity contribution in [3.63, 3.8) is 0 Å². The summed E-state index contributed by atoms with van der Waals surface area (Å²) in [5, 5.41) is 25.1. The summed E-state index contributed by atoms with van der Waals surface area (Å²) in [5.41, 5.74) is 8.23. The van der Waals surface area contributed by atoms with E-state index in [1.807, 2.05) is 13.0 Å². The first-order chi connectivity index (χ1) is 18.2. The highest BCUT2D eigenvalue weighted by molar-refractivity contribution is 9.11. The predicted octanol–water partition coefficient (Wildman–Crippen LogP) is 7.27. The van der Waals surface area contributed by atoms with Crippen molar-refractivity contribution in [3.05, 3.63) is 92.9 Å². The Kier molecular flexibility index (Phi) is 10.3. The molecule has 0 heterocycles. The van der Waals surface area contributed by atoms with Crippen molar-refractivity contribution in [2.75, 3.05) is 16.4 Å². The van der Waals surface area contributed by atoms with Crippen LogP contribution in [0.3, 0.4) is 0 Å². The number of aromatic hydroxyl groups is 1. The summed E-state index contributed by atoms with van der Waals surface area (Å²) in [6.07, 6.45) is 2.72. The zero-order chi connectivity index (χ0) is 27.7. The molecule has 8 nitrogen and oxygen atoms in total. The van der Waals surface area contributed by atoms with Crippen molar-refractivity contribution in [1.82, 2.24) is 0 Å². The molecular weight excluding hydrogens is 616 g/mol. The maximum atomic E-state index is 12.8. The van der Waals surface area contributed by atoms with Crippen LogP contribution in [-0.2, 0) is 9.53 Å². The van der Waals surface area contributed by atoms with E-state index >= 15 is 0 Å². The molecule has 0 aliphatic heterocycles. The summed E-state index contributed by atoms with van der Waals surface area (Å²) in [6, 6.07) is 18.8. The zero-order valence-corrected chi connectivity index (χ0v) is 23.6. The molecule has 5 N–H and O–H groups in total. The number of carbonyl (C=O) groups excluding carboxylic acids is 2. The van der Waals surface area contributed by atoms with Crippen molar-refractivity contribution in [3.8, 4) is 11.8 Å². The number of phenols is 1. The Bertz CT molecular complexity index is 1370. The molecule has 0 aliphatic rings. The van der Waals surface area contributed by atoms with Crippen LogP contribution in [0.4, 0.5) is 21.9 Å². The van der Waals surface area contributed by atoms with Crippen LogP contribution < -0.4 is 16.4 Å². The van der Waals surface area contributed by atoms with Gasteiger partial charge >= 0.3 is 6.09 Å². The van der Waals surface area contributed by atoms with Gasteiger partial charge in [0.1, 0.15) is 11.9 Å². The van der Waals surface area contributed by atoms with E-state index in [4.69, 9.17) is 15.7 Å². The number of amides is 2. The van der Waals surface area contributed by atoms with Gasteiger partial charge in [-0.05, 0) is 89.3 Å². The van der Waals surface area contributed by atoms with Crippen LogP contribution in [0.1, 0.15) is 37.0 Å². The Labute approximate surface area is 237 Å². The summed E-state index contributed by atoms with van der Waals surface area (Å²) in [4.78, 5) is 25.0. The number of hydrogen-bond donors (Lipinski definition) is 4. The van der Waals surface area contributed by atoms with Gasteiger partial charge in [-0.25, -0.2) is 4.79 Å². The number of nitrogens with zero attached hydrogens (tertiary/aromatic N) is 1. The Morgan fingerprint density at radius 3 is 2.53 bits per heavy atom. The summed E-state index contributed by atoms with van der Waals surface area (Å²) >= 11 is 6.75. The molecule has 0 saturated heterocycles. The van der Waals surface area contributed by atoms with Gasteiger partial charge in [0.05, 0.1) is 27.5 Å². The average Bonchev–Trinajstić information content (AvgIpc) is 2.89. The smallest absolute Gasteiger partial charge is 0.412 e. The number of hydrogen-bond acceptors (Lipinski definition) is 6. The Balaban J connectivity index is 1.69. The number of para-hydroxylation sites is 2. The number of benzene rings is 3. The van der Waals surface area contributed by atoms with Crippen molar-refractivity contribution in [2.45, 2.75) is 25.9 Å². The van der Waals surface area contributed by atoms with Crippen molar-refractivity contribution >= 4 is 60.9 Å². The molecule has 0 aliphatic carbocycles. The average molecular weight is 642 g/mol. The highest BCUT2D eigenvalue weighted by Gasteiger charge is 2.27. The summed E-state index contributed by atoms with van der Waals surface area (Å²) < 4.78 is 6.93. The molecule has 10 heteroatoms. The molecule has 0 aromatic heterocycles. The van der Waals surface area contributed by atoms with E-state index in [9.17, 15) is 14.7 Å². The van der Waals surface area contributed by atoms with Crippen LogP contribution in [0, 0.1) is 17.2 Å². The first kappa shape index (κ1) is 28.8. The molecular formula is C28H26Br2N4O4. The second-order valence-corrected chi connectivity index (χ2v) is 10.3. The molecule has 38 heavy (non-hydrogen) atoms. The molecule has 3 aromatic rings. The molecule has 3 rings (SSSR count). The van der Waals surface area contributed by atoms with Gasteiger partial charge in [0.2, 0.25) is 5.91 Å². The highest BCUT2D eigenvalue weighted by Crippen LogP contribution is 2.40. The molecule has 0 fully saturated rings.